The van der Waals surface area contributed by atoms with Gasteiger partial charge in [-0.05, 0) is 46.1 Å². The Morgan fingerprint density at radius 1 is 1.03 bits per heavy atom. The summed E-state index contributed by atoms with van der Waals surface area (Å²) >= 11 is 0. The van der Waals surface area contributed by atoms with E-state index < -0.39 is 0 Å². The van der Waals surface area contributed by atoms with Crippen LogP contribution in [-0.2, 0) is 11.3 Å². The van der Waals surface area contributed by atoms with Gasteiger partial charge in [0.2, 0.25) is 5.95 Å². The average molecular weight is 444 g/mol. The molecule has 3 aliphatic rings. The number of hydrogen-bond donors (Lipinski definition) is 0. The maximum Gasteiger partial charge on any atom is 0.225 e. The Kier molecular flexibility index (Phi) is 9.47. The number of carbonyl (C=O) groups excluding carboxylic acids is 1. The minimum absolute atomic E-state index is 0.204. The molecule has 4 rings (SSSR count). The van der Waals surface area contributed by atoms with Crippen molar-refractivity contribution in [2.75, 3.05) is 25.0 Å². The maximum absolute atomic E-state index is 9.50. The van der Waals surface area contributed by atoms with E-state index in [-0.39, 0.29) is 5.92 Å². The first-order valence-electron chi connectivity index (χ1n) is 12.9. The third kappa shape index (κ3) is 6.50. The second-order valence-corrected chi connectivity index (χ2v) is 10.5. The molecule has 3 fully saturated rings. The molecular weight excluding hydrogens is 398 g/mol. The fourth-order valence-electron chi connectivity index (χ4n) is 5.38. The normalized spacial score (nSPS) is 25.0. The number of fused-ring (bicyclic) bond motifs is 2. The van der Waals surface area contributed by atoms with Gasteiger partial charge in [-0.2, -0.15) is 0 Å². The predicted molar refractivity (Wildman–Crippen MR) is 132 cm³/mol. The average Bonchev–Trinajstić information content (AvgIpc) is 3.08. The van der Waals surface area contributed by atoms with Crippen molar-refractivity contribution < 1.29 is 4.79 Å². The van der Waals surface area contributed by atoms with E-state index in [1.54, 1.807) is 0 Å². The van der Waals surface area contributed by atoms with E-state index in [1.807, 2.05) is 13.8 Å². The molecule has 1 aromatic heterocycles. The van der Waals surface area contributed by atoms with Gasteiger partial charge in [0, 0.05) is 67.7 Å². The van der Waals surface area contributed by atoms with Crippen molar-refractivity contribution in [2.45, 2.75) is 110 Å². The van der Waals surface area contributed by atoms with Crippen LogP contribution in [0.3, 0.4) is 0 Å². The lowest BCUT2D eigenvalue weighted by atomic mass is 9.94. The van der Waals surface area contributed by atoms with Crippen LogP contribution in [0, 0.1) is 5.92 Å². The van der Waals surface area contributed by atoms with Gasteiger partial charge in [0.15, 0.2) is 0 Å². The number of anilines is 1. The number of likely N-dealkylation sites (tertiary alicyclic amines) is 1. The quantitative estimate of drug-likeness (QED) is 0.577. The smallest absolute Gasteiger partial charge is 0.225 e. The van der Waals surface area contributed by atoms with Crippen molar-refractivity contribution in [2.24, 2.45) is 5.92 Å². The van der Waals surface area contributed by atoms with Crippen LogP contribution in [0.4, 0.5) is 5.95 Å². The Morgan fingerprint density at radius 3 is 2.09 bits per heavy atom. The molecule has 3 unspecified atom stereocenters. The van der Waals surface area contributed by atoms with E-state index >= 15 is 0 Å². The Balaban J connectivity index is 0.000000523. The van der Waals surface area contributed by atoms with E-state index in [0.717, 1.165) is 24.8 Å². The highest BCUT2D eigenvalue weighted by Gasteiger charge is 2.42. The largest absolute Gasteiger partial charge is 0.332 e. The molecule has 0 spiro atoms. The zero-order valence-electron chi connectivity index (χ0n) is 21.0. The van der Waals surface area contributed by atoms with Gasteiger partial charge in [-0.25, -0.2) is 9.97 Å². The highest BCUT2D eigenvalue weighted by Crippen LogP contribution is 2.34. The molecular formula is C26H45N5O. The van der Waals surface area contributed by atoms with Crippen molar-refractivity contribution in [3.8, 4) is 0 Å². The second-order valence-electron chi connectivity index (χ2n) is 10.5. The summed E-state index contributed by atoms with van der Waals surface area (Å²) in [5.41, 5.74) is 1.25. The Morgan fingerprint density at radius 2 is 1.59 bits per heavy atom. The molecule has 0 aromatic carbocycles. The third-order valence-electron chi connectivity index (χ3n) is 7.55. The van der Waals surface area contributed by atoms with Crippen LogP contribution in [0.15, 0.2) is 12.4 Å². The van der Waals surface area contributed by atoms with Gasteiger partial charge in [0.05, 0.1) is 0 Å². The van der Waals surface area contributed by atoms with E-state index in [1.165, 1.54) is 70.0 Å². The zero-order valence-corrected chi connectivity index (χ0v) is 21.0. The van der Waals surface area contributed by atoms with Gasteiger partial charge in [0.25, 0.3) is 0 Å². The summed E-state index contributed by atoms with van der Waals surface area (Å²) in [7, 11) is 2.26. The predicted octanol–water partition coefficient (Wildman–Crippen LogP) is 4.53. The Bertz CT molecular complexity index is 674. The van der Waals surface area contributed by atoms with E-state index in [9.17, 15) is 4.79 Å². The summed E-state index contributed by atoms with van der Waals surface area (Å²) in [4.78, 5) is 26.8. The minimum atomic E-state index is 0.204. The summed E-state index contributed by atoms with van der Waals surface area (Å²) in [6.07, 6.45) is 15.7. The van der Waals surface area contributed by atoms with E-state index in [0.29, 0.717) is 18.1 Å². The molecule has 1 saturated carbocycles. The summed E-state index contributed by atoms with van der Waals surface area (Å²) < 4.78 is 0. The van der Waals surface area contributed by atoms with Crippen molar-refractivity contribution >= 4 is 12.2 Å². The number of hydrogen-bond acceptors (Lipinski definition) is 6. The van der Waals surface area contributed by atoms with Crippen LogP contribution < -0.4 is 4.90 Å². The lowest BCUT2D eigenvalue weighted by Crippen LogP contribution is -2.56. The van der Waals surface area contributed by atoms with Crippen molar-refractivity contribution in [3.05, 3.63) is 18.0 Å². The van der Waals surface area contributed by atoms with E-state index in [4.69, 9.17) is 9.97 Å². The maximum atomic E-state index is 9.50. The fraction of sp³-hybridized carbons (Fsp3) is 0.808. The molecule has 0 radical (unpaired) electrons. The lowest BCUT2D eigenvalue weighted by Gasteiger charge is -2.43. The number of rotatable bonds is 7. The molecule has 3 heterocycles. The molecule has 6 heteroatoms. The second kappa shape index (κ2) is 12.1. The Labute approximate surface area is 195 Å². The third-order valence-corrected chi connectivity index (χ3v) is 7.55. The van der Waals surface area contributed by atoms with Crippen LogP contribution >= 0.6 is 0 Å². The molecule has 180 valence electrons. The highest BCUT2D eigenvalue weighted by atomic mass is 16.1. The standard InChI is InChI=1S/C22H37N5.C4H8O/c1-4-17(2)26-15-20-10-11-21(16-26)27(20)22-23-12-18(13-24-22)14-25(3)19-8-6-5-7-9-19;1-4(2)3-5/h12-13,17,19-21H,4-11,14-16H2,1-3H3;3-4H,1-2H3. The number of piperazine rings is 1. The van der Waals surface area contributed by atoms with Crippen molar-refractivity contribution in [3.63, 3.8) is 0 Å². The fourth-order valence-corrected chi connectivity index (χ4v) is 5.38. The van der Waals surface area contributed by atoms with Crippen molar-refractivity contribution in [1.82, 2.24) is 19.8 Å². The molecule has 6 nitrogen and oxygen atoms in total. The van der Waals surface area contributed by atoms with Gasteiger partial charge >= 0.3 is 0 Å². The highest BCUT2D eigenvalue weighted by molar-refractivity contribution is 5.51. The first kappa shape index (κ1) is 25.1. The minimum Gasteiger partial charge on any atom is -0.332 e. The molecule has 3 atom stereocenters. The molecule has 0 amide bonds. The number of aldehydes is 1. The lowest BCUT2D eigenvalue weighted by molar-refractivity contribution is -0.110. The van der Waals surface area contributed by atoms with Crippen molar-refractivity contribution in [1.29, 1.82) is 0 Å². The van der Waals surface area contributed by atoms with Gasteiger partial charge < -0.3 is 9.69 Å². The molecule has 2 bridgehead atoms. The first-order chi connectivity index (χ1) is 15.4. The molecule has 1 aliphatic carbocycles. The van der Waals surface area contributed by atoms with Crippen LogP contribution in [-0.4, -0.2) is 70.4 Å². The van der Waals surface area contributed by atoms with Gasteiger partial charge in [-0.3, -0.25) is 9.80 Å². The SMILES string of the molecule is CC(C)C=O.CCC(C)N1CC2CCC(C1)N2c1ncc(CN(C)C2CCCCC2)cn1. The molecule has 2 saturated heterocycles. The van der Waals surface area contributed by atoms with Crippen LogP contribution in [0.2, 0.25) is 0 Å². The first-order valence-corrected chi connectivity index (χ1v) is 12.9. The van der Waals surface area contributed by atoms with Gasteiger partial charge in [-0.1, -0.05) is 40.0 Å². The summed E-state index contributed by atoms with van der Waals surface area (Å²) in [5, 5.41) is 0. The van der Waals surface area contributed by atoms with Crippen LogP contribution in [0.1, 0.15) is 84.6 Å². The monoisotopic (exact) mass is 443 g/mol. The van der Waals surface area contributed by atoms with Crippen LogP contribution in [0.25, 0.3) is 0 Å². The number of carbonyl (C=O) groups is 1. The summed E-state index contributed by atoms with van der Waals surface area (Å²) in [5.74, 6) is 1.16. The molecule has 0 N–H and O–H groups in total. The summed E-state index contributed by atoms with van der Waals surface area (Å²) in [6, 6.07) is 2.61. The summed E-state index contributed by atoms with van der Waals surface area (Å²) in [6.45, 7) is 11.7. The van der Waals surface area contributed by atoms with Crippen LogP contribution in [0.5, 0.6) is 0 Å². The molecule has 1 aromatic rings. The van der Waals surface area contributed by atoms with E-state index in [2.05, 4.69) is 48.0 Å². The van der Waals surface area contributed by atoms with Gasteiger partial charge in [-0.15, -0.1) is 0 Å². The number of aromatic nitrogens is 2. The topological polar surface area (TPSA) is 52.6 Å². The Hall–Kier alpha value is -1.53. The zero-order chi connectivity index (χ0) is 23.1. The number of nitrogens with zero attached hydrogens (tertiary/aromatic N) is 5. The molecule has 2 aliphatic heterocycles. The van der Waals surface area contributed by atoms with Gasteiger partial charge in [0.1, 0.15) is 6.29 Å². The molecule has 32 heavy (non-hydrogen) atoms.